The number of amides is 1. The van der Waals surface area contributed by atoms with Gasteiger partial charge in [0.05, 0.1) is 0 Å². The minimum absolute atomic E-state index is 0.211. The Labute approximate surface area is 167 Å². The van der Waals surface area contributed by atoms with Gasteiger partial charge in [-0.3, -0.25) is 4.79 Å². The zero-order valence-electron chi connectivity index (χ0n) is 14.2. The molecule has 3 heterocycles. The van der Waals surface area contributed by atoms with Crippen LogP contribution in [0, 0.1) is 0 Å². The SMILES string of the molecule is CN(CCc1noc(-c2cc3cc(Cl)ccc3[nH]2)n1)C(=O)c1ccc(Br)o1. The van der Waals surface area contributed by atoms with Crippen molar-refractivity contribution in [3.8, 4) is 11.6 Å². The number of carbonyl (C=O) groups is 1. The van der Waals surface area contributed by atoms with E-state index in [2.05, 4.69) is 31.1 Å². The van der Waals surface area contributed by atoms with Crippen molar-refractivity contribution < 1.29 is 13.7 Å². The molecule has 9 heteroatoms. The maximum atomic E-state index is 12.3. The minimum Gasteiger partial charge on any atom is -0.444 e. The molecule has 0 radical (unpaired) electrons. The normalized spacial score (nSPS) is 11.2. The van der Waals surface area contributed by atoms with Gasteiger partial charge < -0.3 is 18.8 Å². The summed E-state index contributed by atoms with van der Waals surface area (Å²) in [6.07, 6.45) is 0.458. The molecular weight excluding hydrogens is 436 g/mol. The molecule has 0 aliphatic carbocycles. The molecule has 0 fully saturated rings. The molecule has 1 amide bonds. The van der Waals surface area contributed by atoms with Crippen LogP contribution in [0.5, 0.6) is 0 Å². The second kappa shape index (κ2) is 7.21. The van der Waals surface area contributed by atoms with Crippen LogP contribution in [0.25, 0.3) is 22.5 Å². The number of H-pyrrole nitrogens is 1. The predicted molar refractivity (Wildman–Crippen MR) is 104 cm³/mol. The quantitative estimate of drug-likeness (QED) is 0.483. The van der Waals surface area contributed by atoms with Crippen LogP contribution in [0.15, 0.2) is 50.0 Å². The molecule has 0 spiro atoms. The van der Waals surface area contributed by atoms with Crippen LogP contribution in [0.3, 0.4) is 0 Å². The third kappa shape index (κ3) is 3.77. The van der Waals surface area contributed by atoms with Gasteiger partial charge in [-0.1, -0.05) is 16.8 Å². The number of rotatable bonds is 5. The van der Waals surface area contributed by atoms with Crippen molar-refractivity contribution in [2.75, 3.05) is 13.6 Å². The number of carbonyl (C=O) groups excluding carboxylic acids is 1. The molecule has 3 aromatic heterocycles. The summed E-state index contributed by atoms with van der Waals surface area (Å²) >= 11 is 9.20. The average molecular weight is 450 g/mol. The third-order valence-corrected chi connectivity index (χ3v) is 4.74. The Morgan fingerprint density at radius 1 is 1.30 bits per heavy atom. The molecule has 4 aromatic rings. The van der Waals surface area contributed by atoms with Crippen LogP contribution >= 0.6 is 27.5 Å². The zero-order valence-corrected chi connectivity index (χ0v) is 16.5. The van der Waals surface area contributed by atoms with Crippen LogP contribution in [0.2, 0.25) is 5.02 Å². The molecule has 1 aromatic carbocycles. The van der Waals surface area contributed by atoms with Gasteiger partial charge in [-0.25, -0.2) is 0 Å². The van der Waals surface area contributed by atoms with E-state index in [4.69, 9.17) is 20.5 Å². The maximum absolute atomic E-state index is 12.3. The lowest BCUT2D eigenvalue weighted by atomic mass is 10.2. The number of aromatic nitrogens is 3. The molecule has 0 bridgehead atoms. The summed E-state index contributed by atoms with van der Waals surface area (Å²) < 4.78 is 11.1. The van der Waals surface area contributed by atoms with E-state index in [1.807, 2.05) is 24.3 Å². The lowest BCUT2D eigenvalue weighted by molar-refractivity contribution is 0.0763. The molecule has 1 N–H and O–H groups in total. The number of nitrogens with zero attached hydrogens (tertiary/aromatic N) is 3. The largest absolute Gasteiger partial charge is 0.444 e. The van der Waals surface area contributed by atoms with Crippen molar-refractivity contribution in [2.45, 2.75) is 6.42 Å². The van der Waals surface area contributed by atoms with E-state index in [9.17, 15) is 4.79 Å². The van der Waals surface area contributed by atoms with Gasteiger partial charge in [0.1, 0.15) is 5.69 Å². The number of furan rings is 1. The van der Waals surface area contributed by atoms with Crippen molar-refractivity contribution in [2.24, 2.45) is 0 Å². The number of nitrogens with one attached hydrogen (secondary N) is 1. The Morgan fingerprint density at radius 3 is 2.93 bits per heavy atom. The van der Waals surface area contributed by atoms with Crippen LogP contribution in [-0.4, -0.2) is 39.5 Å². The fourth-order valence-corrected chi connectivity index (χ4v) is 3.16. The Hall–Kier alpha value is -2.58. The minimum atomic E-state index is -0.211. The lowest BCUT2D eigenvalue weighted by Crippen LogP contribution is -2.28. The van der Waals surface area contributed by atoms with Crippen molar-refractivity contribution in [3.63, 3.8) is 0 Å². The maximum Gasteiger partial charge on any atom is 0.289 e. The Bertz CT molecular complexity index is 1120. The predicted octanol–water partition coefficient (Wildman–Crippen LogP) is 4.54. The molecule has 0 saturated heterocycles. The number of fused-ring (bicyclic) bond motifs is 1. The summed E-state index contributed by atoms with van der Waals surface area (Å²) in [7, 11) is 1.70. The second-order valence-corrected chi connectivity index (χ2v) is 7.23. The van der Waals surface area contributed by atoms with Crippen LogP contribution in [0.1, 0.15) is 16.4 Å². The molecule has 4 rings (SSSR count). The van der Waals surface area contributed by atoms with E-state index < -0.39 is 0 Å². The van der Waals surface area contributed by atoms with Gasteiger partial charge in [0, 0.05) is 35.9 Å². The van der Waals surface area contributed by atoms with E-state index in [1.54, 1.807) is 24.1 Å². The summed E-state index contributed by atoms with van der Waals surface area (Å²) in [5.41, 5.74) is 1.65. The molecule has 0 aliphatic heterocycles. The summed E-state index contributed by atoms with van der Waals surface area (Å²) in [5, 5.41) is 5.61. The number of halogens is 2. The lowest BCUT2D eigenvalue weighted by Gasteiger charge is -2.14. The Kier molecular flexibility index (Phi) is 4.75. The Morgan fingerprint density at radius 2 is 2.15 bits per heavy atom. The van der Waals surface area contributed by atoms with E-state index in [0.29, 0.717) is 34.4 Å². The topological polar surface area (TPSA) is 88.2 Å². The fourth-order valence-electron chi connectivity index (χ4n) is 2.67. The summed E-state index contributed by atoms with van der Waals surface area (Å²) in [6, 6.07) is 10.8. The summed E-state index contributed by atoms with van der Waals surface area (Å²) in [5.74, 6) is 0.968. The fraction of sp³-hybridized carbons (Fsp3) is 0.167. The molecule has 0 saturated carbocycles. The second-order valence-electron chi connectivity index (χ2n) is 6.01. The molecule has 0 aliphatic rings. The molecule has 0 atom stereocenters. The smallest absolute Gasteiger partial charge is 0.289 e. The highest BCUT2D eigenvalue weighted by atomic mass is 79.9. The van der Waals surface area contributed by atoms with Gasteiger partial charge in [-0.05, 0) is 52.3 Å². The average Bonchev–Trinajstić information content (AvgIpc) is 3.37. The van der Waals surface area contributed by atoms with E-state index in [-0.39, 0.29) is 11.7 Å². The first-order valence-electron chi connectivity index (χ1n) is 8.11. The standard InChI is InChI=1S/C18H14BrClN4O3/c1-24(18(25)14-4-5-15(19)26-14)7-6-16-22-17(27-23-16)13-9-10-8-11(20)2-3-12(10)21-13/h2-5,8-9,21H,6-7H2,1H3. The third-order valence-electron chi connectivity index (χ3n) is 4.08. The number of hydrogen-bond acceptors (Lipinski definition) is 5. The van der Waals surface area contributed by atoms with Crippen LogP contribution < -0.4 is 0 Å². The van der Waals surface area contributed by atoms with Crippen molar-refractivity contribution in [1.82, 2.24) is 20.0 Å². The van der Waals surface area contributed by atoms with Gasteiger partial charge >= 0.3 is 0 Å². The number of hydrogen-bond donors (Lipinski definition) is 1. The molecule has 0 unspecified atom stereocenters. The first kappa shape index (κ1) is 17.8. The molecular formula is C18H14BrClN4O3. The number of benzene rings is 1. The van der Waals surface area contributed by atoms with Gasteiger partial charge in [0.15, 0.2) is 16.3 Å². The van der Waals surface area contributed by atoms with E-state index in [1.165, 1.54) is 0 Å². The van der Waals surface area contributed by atoms with Crippen molar-refractivity contribution in [3.05, 3.63) is 57.7 Å². The molecule has 138 valence electrons. The van der Waals surface area contributed by atoms with E-state index >= 15 is 0 Å². The first-order chi connectivity index (χ1) is 13.0. The molecule has 27 heavy (non-hydrogen) atoms. The van der Waals surface area contributed by atoms with Gasteiger partial charge in [0.25, 0.3) is 11.8 Å². The van der Waals surface area contributed by atoms with Gasteiger partial charge in [-0.2, -0.15) is 4.98 Å². The van der Waals surface area contributed by atoms with Crippen LogP contribution in [-0.2, 0) is 6.42 Å². The number of likely N-dealkylation sites (N-methyl/N-ethyl adjacent to an activating group) is 1. The molecule has 7 nitrogen and oxygen atoms in total. The van der Waals surface area contributed by atoms with Crippen LogP contribution in [0.4, 0.5) is 0 Å². The highest BCUT2D eigenvalue weighted by Gasteiger charge is 2.17. The highest BCUT2D eigenvalue weighted by molar-refractivity contribution is 9.10. The monoisotopic (exact) mass is 448 g/mol. The Balaban J connectivity index is 1.43. The summed E-state index contributed by atoms with van der Waals surface area (Å²) in [4.78, 5) is 21.4. The summed E-state index contributed by atoms with van der Waals surface area (Å²) in [6.45, 7) is 0.429. The van der Waals surface area contributed by atoms with Gasteiger partial charge in [0.2, 0.25) is 0 Å². The first-order valence-corrected chi connectivity index (χ1v) is 9.29. The van der Waals surface area contributed by atoms with E-state index in [0.717, 1.165) is 16.6 Å². The number of aromatic amines is 1. The highest BCUT2D eigenvalue weighted by Crippen LogP contribution is 2.25. The van der Waals surface area contributed by atoms with Crippen molar-refractivity contribution in [1.29, 1.82) is 0 Å². The van der Waals surface area contributed by atoms with Crippen molar-refractivity contribution >= 4 is 44.3 Å². The zero-order chi connectivity index (χ0) is 19.0. The van der Waals surface area contributed by atoms with Gasteiger partial charge in [-0.15, -0.1) is 0 Å².